The van der Waals surface area contributed by atoms with Gasteiger partial charge in [0.1, 0.15) is 0 Å². The van der Waals surface area contributed by atoms with Crippen molar-refractivity contribution in [1.82, 2.24) is 4.90 Å². The molecule has 5 heteroatoms. The molecule has 120 valence electrons. The molecular weight excluding hydrogens is 310 g/mol. The average Bonchev–Trinajstić information content (AvgIpc) is 2.57. The molecule has 3 rings (SSSR count). The predicted molar refractivity (Wildman–Crippen MR) is 95.2 cm³/mol. The third-order valence-electron chi connectivity index (χ3n) is 4.27. The molecule has 0 saturated carbocycles. The summed E-state index contributed by atoms with van der Waals surface area (Å²) >= 11 is 6.05. The normalized spacial score (nSPS) is 14.9. The highest BCUT2D eigenvalue weighted by Gasteiger charge is 2.22. The number of hydrogen-bond donors (Lipinski definition) is 1. The van der Waals surface area contributed by atoms with E-state index in [-0.39, 0.29) is 5.91 Å². The fraction of sp³-hybridized carbons (Fsp3) is 0.278. The molecule has 0 radical (unpaired) electrons. The fourth-order valence-electron chi connectivity index (χ4n) is 2.80. The summed E-state index contributed by atoms with van der Waals surface area (Å²) in [7, 11) is 0. The van der Waals surface area contributed by atoms with Crippen molar-refractivity contribution in [3.05, 3.63) is 58.6 Å². The van der Waals surface area contributed by atoms with Gasteiger partial charge in [-0.3, -0.25) is 4.79 Å². The molecule has 0 atom stereocenters. The molecule has 1 aliphatic heterocycles. The number of carbonyl (C=O) groups is 1. The Morgan fingerprint density at radius 3 is 2.48 bits per heavy atom. The zero-order valence-corrected chi connectivity index (χ0v) is 13.9. The maximum absolute atomic E-state index is 12.6. The van der Waals surface area contributed by atoms with E-state index >= 15 is 0 Å². The molecular formula is C18H20ClN3O. The summed E-state index contributed by atoms with van der Waals surface area (Å²) in [5, 5.41) is 0.733. The van der Waals surface area contributed by atoms with Crippen molar-refractivity contribution < 1.29 is 4.79 Å². The Morgan fingerprint density at radius 2 is 1.83 bits per heavy atom. The number of benzene rings is 2. The van der Waals surface area contributed by atoms with Crippen LogP contribution in [-0.4, -0.2) is 37.0 Å². The van der Waals surface area contributed by atoms with E-state index in [4.69, 9.17) is 17.3 Å². The van der Waals surface area contributed by atoms with Gasteiger partial charge >= 0.3 is 0 Å². The second kappa shape index (κ2) is 6.50. The van der Waals surface area contributed by atoms with Gasteiger partial charge in [-0.15, -0.1) is 0 Å². The fourth-order valence-corrected chi connectivity index (χ4v) is 2.98. The predicted octanol–water partition coefficient (Wildman–Crippen LogP) is 3.19. The molecule has 2 aromatic rings. The summed E-state index contributed by atoms with van der Waals surface area (Å²) in [6.07, 6.45) is 0. The third-order valence-corrected chi connectivity index (χ3v) is 4.50. The van der Waals surface area contributed by atoms with Crippen molar-refractivity contribution in [2.75, 3.05) is 36.8 Å². The van der Waals surface area contributed by atoms with Crippen molar-refractivity contribution in [2.24, 2.45) is 0 Å². The van der Waals surface area contributed by atoms with Crippen LogP contribution < -0.4 is 10.6 Å². The number of nitrogens with zero attached hydrogens (tertiary/aromatic N) is 2. The highest BCUT2D eigenvalue weighted by atomic mass is 35.5. The minimum Gasteiger partial charge on any atom is -0.398 e. The molecule has 1 heterocycles. The van der Waals surface area contributed by atoms with Crippen molar-refractivity contribution in [3.63, 3.8) is 0 Å². The lowest BCUT2D eigenvalue weighted by atomic mass is 10.1. The lowest BCUT2D eigenvalue weighted by Crippen LogP contribution is -2.48. The SMILES string of the molecule is Cc1ccc(C(=O)N2CCN(c3cccc(Cl)c3)CC2)cc1N. The lowest BCUT2D eigenvalue weighted by molar-refractivity contribution is 0.0747. The molecule has 1 aliphatic rings. The number of nitrogens with two attached hydrogens (primary N) is 1. The van der Waals surface area contributed by atoms with Gasteiger partial charge in [0.05, 0.1) is 0 Å². The highest BCUT2D eigenvalue weighted by molar-refractivity contribution is 6.30. The van der Waals surface area contributed by atoms with Crippen molar-refractivity contribution in [1.29, 1.82) is 0 Å². The molecule has 0 spiro atoms. The first-order chi connectivity index (χ1) is 11.0. The summed E-state index contributed by atoms with van der Waals surface area (Å²) in [4.78, 5) is 16.7. The largest absolute Gasteiger partial charge is 0.398 e. The Hall–Kier alpha value is -2.20. The first-order valence-corrected chi connectivity index (χ1v) is 8.08. The Balaban J connectivity index is 1.66. The number of piperazine rings is 1. The van der Waals surface area contributed by atoms with E-state index < -0.39 is 0 Å². The number of hydrogen-bond acceptors (Lipinski definition) is 3. The van der Waals surface area contributed by atoms with Crippen LogP contribution in [0.3, 0.4) is 0 Å². The maximum Gasteiger partial charge on any atom is 0.254 e. The van der Waals surface area contributed by atoms with Crippen LogP contribution in [-0.2, 0) is 0 Å². The quantitative estimate of drug-likeness (QED) is 0.861. The van der Waals surface area contributed by atoms with Crippen molar-refractivity contribution in [2.45, 2.75) is 6.92 Å². The zero-order chi connectivity index (χ0) is 16.4. The Kier molecular flexibility index (Phi) is 4.44. The zero-order valence-electron chi connectivity index (χ0n) is 13.1. The standard InChI is InChI=1S/C18H20ClN3O/c1-13-5-6-14(11-17(13)20)18(23)22-9-7-21(8-10-22)16-4-2-3-15(19)12-16/h2-6,11-12H,7-10,20H2,1H3. The summed E-state index contributed by atoms with van der Waals surface area (Å²) < 4.78 is 0. The molecule has 0 unspecified atom stereocenters. The summed E-state index contributed by atoms with van der Waals surface area (Å²) in [6.45, 7) is 4.92. The van der Waals surface area contributed by atoms with Gasteiger partial charge in [0.15, 0.2) is 0 Å². The van der Waals surface area contributed by atoms with Gasteiger partial charge in [-0.1, -0.05) is 23.7 Å². The number of carbonyl (C=O) groups excluding carboxylic acids is 1. The summed E-state index contributed by atoms with van der Waals surface area (Å²) in [5.74, 6) is 0.0439. The second-order valence-electron chi connectivity index (χ2n) is 5.83. The number of halogens is 1. The van der Waals surface area contributed by atoms with Gasteiger partial charge in [-0.2, -0.15) is 0 Å². The number of aryl methyl sites for hydroxylation is 1. The van der Waals surface area contributed by atoms with Crippen LogP contribution in [0.1, 0.15) is 15.9 Å². The number of amides is 1. The lowest BCUT2D eigenvalue weighted by Gasteiger charge is -2.36. The Morgan fingerprint density at radius 1 is 1.09 bits per heavy atom. The molecule has 2 aromatic carbocycles. The topological polar surface area (TPSA) is 49.6 Å². The van der Waals surface area contributed by atoms with Crippen molar-refractivity contribution in [3.8, 4) is 0 Å². The molecule has 1 saturated heterocycles. The first kappa shape index (κ1) is 15.7. The van der Waals surface area contributed by atoms with E-state index in [1.807, 2.05) is 48.2 Å². The number of anilines is 2. The molecule has 0 aliphatic carbocycles. The molecule has 0 aromatic heterocycles. The van der Waals surface area contributed by atoms with Crippen LogP contribution >= 0.6 is 11.6 Å². The van der Waals surface area contributed by atoms with Gasteiger partial charge in [-0.25, -0.2) is 0 Å². The highest BCUT2D eigenvalue weighted by Crippen LogP contribution is 2.22. The molecule has 1 amide bonds. The van der Waals surface area contributed by atoms with Crippen LogP contribution in [0.5, 0.6) is 0 Å². The van der Waals surface area contributed by atoms with E-state index in [2.05, 4.69) is 4.90 Å². The van der Waals surface area contributed by atoms with Crippen LogP contribution in [0.4, 0.5) is 11.4 Å². The molecule has 2 N–H and O–H groups in total. The average molecular weight is 330 g/mol. The van der Waals surface area contributed by atoms with E-state index in [1.165, 1.54) is 0 Å². The van der Waals surface area contributed by atoms with E-state index in [1.54, 1.807) is 6.07 Å². The van der Waals surface area contributed by atoms with Gasteiger partial charge in [0.25, 0.3) is 5.91 Å². The van der Waals surface area contributed by atoms with Gasteiger partial charge < -0.3 is 15.5 Å². The van der Waals surface area contributed by atoms with E-state index in [0.29, 0.717) is 24.3 Å². The smallest absolute Gasteiger partial charge is 0.254 e. The third kappa shape index (κ3) is 3.42. The second-order valence-corrected chi connectivity index (χ2v) is 6.27. The summed E-state index contributed by atoms with van der Waals surface area (Å²) in [6, 6.07) is 13.3. The van der Waals surface area contributed by atoms with E-state index in [9.17, 15) is 4.79 Å². The van der Waals surface area contributed by atoms with Gasteiger partial charge in [-0.05, 0) is 42.8 Å². The molecule has 1 fully saturated rings. The summed E-state index contributed by atoms with van der Waals surface area (Å²) in [5.41, 5.74) is 9.32. The number of rotatable bonds is 2. The monoisotopic (exact) mass is 329 g/mol. The van der Waals surface area contributed by atoms with E-state index in [0.717, 1.165) is 29.4 Å². The van der Waals surface area contributed by atoms with Crippen molar-refractivity contribution >= 4 is 28.9 Å². The molecule has 0 bridgehead atoms. The van der Waals surface area contributed by atoms with Crippen LogP contribution in [0.2, 0.25) is 5.02 Å². The van der Waals surface area contributed by atoms with Gasteiger partial charge in [0.2, 0.25) is 0 Å². The molecule has 23 heavy (non-hydrogen) atoms. The molecule has 4 nitrogen and oxygen atoms in total. The Bertz CT molecular complexity index is 724. The minimum absolute atomic E-state index is 0.0439. The van der Waals surface area contributed by atoms with Crippen LogP contribution in [0.15, 0.2) is 42.5 Å². The number of nitrogen functional groups attached to an aromatic ring is 1. The minimum atomic E-state index is 0.0439. The van der Waals surface area contributed by atoms with Crippen LogP contribution in [0, 0.1) is 6.92 Å². The van der Waals surface area contributed by atoms with Gasteiger partial charge in [0, 0.05) is 48.1 Å². The maximum atomic E-state index is 12.6. The first-order valence-electron chi connectivity index (χ1n) is 7.70. The van der Waals surface area contributed by atoms with Crippen LogP contribution in [0.25, 0.3) is 0 Å². The Labute approximate surface area is 141 Å².